The molecular formula is C25H46N4O2. The minimum Gasteiger partial charge on any atom is -0.309 e. The number of hydrogen-bond acceptors (Lipinski definition) is 4. The van der Waals surface area contributed by atoms with Crippen LogP contribution in [0.4, 0.5) is 4.79 Å². The molecule has 1 spiro atoms. The third-order valence-electron chi connectivity index (χ3n) is 6.79. The molecule has 1 atom stereocenters. The number of rotatable bonds is 11. The number of amides is 3. The van der Waals surface area contributed by atoms with Crippen LogP contribution in [0.25, 0.3) is 0 Å². The Bertz CT molecular complexity index is 631. The van der Waals surface area contributed by atoms with Crippen molar-refractivity contribution >= 4 is 11.9 Å². The minimum absolute atomic E-state index is 0.0411. The lowest BCUT2D eigenvalue weighted by Gasteiger charge is -2.43. The number of carbonyl (C=O) groups excluding carboxylic acids is 2. The molecule has 0 aromatic heterocycles. The number of urea groups is 1. The quantitative estimate of drug-likeness (QED) is 0.363. The number of likely N-dealkylation sites (tertiary alicyclic amines) is 1. The van der Waals surface area contributed by atoms with Gasteiger partial charge in [-0.1, -0.05) is 32.4 Å². The van der Waals surface area contributed by atoms with Crippen LogP contribution in [0.15, 0.2) is 11.6 Å². The molecule has 0 N–H and O–H groups in total. The standard InChI is InChI=1S/C25H46N4O2/c1-20(2)9-8-10-22(5)19-27-15-12-25(13-16-27)23(30)28(18-17-26(6)7)24(31)29(25)14-11-21(3)4/h9,21-22H,8,10-19H2,1-7H3/t22-/m1/s1. The Morgan fingerprint density at radius 2 is 1.71 bits per heavy atom. The molecule has 0 aromatic carbocycles. The van der Waals surface area contributed by atoms with E-state index in [0.29, 0.717) is 31.5 Å². The van der Waals surface area contributed by atoms with Crippen molar-refractivity contribution in [2.75, 3.05) is 53.4 Å². The van der Waals surface area contributed by atoms with E-state index in [9.17, 15) is 9.59 Å². The molecule has 6 heteroatoms. The van der Waals surface area contributed by atoms with Crippen LogP contribution < -0.4 is 0 Å². The number of carbonyl (C=O) groups is 2. The normalized spacial score (nSPS) is 20.4. The predicted octanol–water partition coefficient (Wildman–Crippen LogP) is 4.08. The molecule has 2 aliphatic heterocycles. The summed E-state index contributed by atoms with van der Waals surface area (Å²) >= 11 is 0. The van der Waals surface area contributed by atoms with Crippen molar-refractivity contribution in [3.05, 3.63) is 11.6 Å². The van der Waals surface area contributed by atoms with Gasteiger partial charge in [0, 0.05) is 39.3 Å². The fraction of sp³-hybridized carbons (Fsp3) is 0.840. The maximum Gasteiger partial charge on any atom is 0.327 e. The Kier molecular flexibility index (Phi) is 9.56. The van der Waals surface area contributed by atoms with Gasteiger partial charge in [-0.15, -0.1) is 0 Å². The van der Waals surface area contributed by atoms with Crippen molar-refractivity contribution in [3.8, 4) is 0 Å². The molecule has 0 radical (unpaired) electrons. The van der Waals surface area contributed by atoms with Crippen LogP contribution in [0, 0.1) is 11.8 Å². The number of allylic oxidation sites excluding steroid dienone is 2. The van der Waals surface area contributed by atoms with E-state index in [-0.39, 0.29) is 11.9 Å². The summed E-state index contributed by atoms with van der Waals surface area (Å²) in [4.78, 5) is 34.7. The van der Waals surface area contributed by atoms with Crippen LogP contribution in [-0.4, -0.2) is 90.4 Å². The predicted molar refractivity (Wildman–Crippen MR) is 128 cm³/mol. The summed E-state index contributed by atoms with van der Waals surface area (Å²) in [6.07, 6.45) is 7.11. The fourth-order valence-electron chi connectivity index (χ4n) is 4.75. The first-order valence-electron chi connectivity index (χ1n) is 12.2. The molecule has 6 nitrogen and oxygen atoms in total. The van der Waals surface area contributed by atoms with Gasteiger partial charge in [0.15, 0.2) is 0 Å². The van der Waals surface area contributed by atoms with Gasteiger partial charge in [-0.25, -0.2) is 4.79 Å². The van der Waals surface area contributed by atoms with Crippen LogP contribution in [0.5, 0.6) is 0 Å². The highest BCUT2D eigenvalue weighted by Gasteiger charge is 2.57. The molecule has 178 valence electrons. The van der Waals surface area contributed by atoms with Crippen LogP contribution in [0.2, 0.25) is 0 Å². The number of nitrogens with zero attached hydrogens (tertiary/aromatic N) is 4. The Morgan fingerprint density at radius 3 is 2.26 bits per heavy atom. The Labute approximate surface area is 190 Å². The summed E-state index contributed by atoms with van der Waals surface area (Å²) in [5.74, 6) is 1.19. The largest absolute Gasteiger partial charge is 0.327 e. The third kappa shape index (κ3) is 6.79. The van der Waals surface area contributed by atoms with Crippen LogP contribution in [-0.2, 0) is 4.79 Å². The van der Waals surface area contributed by atoms with Crippen molar-refractivity contribution in [2.45, 2.75) is 72.3 Å². The van der Waals surface area contributed by atoms with Gasteiger partial charge in [0.2, 0.25) is 0 Å². The van der Waals surface area contributed by atoms with Crippen LogP contribution >= 0.6 is 0 Å². The summed E-state index contributed by atoms with van der Waals surface area (Å²) < 4.78 is 0. The molecule has 2 fully saturated rings. The Balaban J connectivity index is 2.04. The summed E-state index contributed by atoms with van der Waals surface area (Å²) in [5, 5.41) is 0. The molecular weight excluding hydrogens is 388 g/mol. The Hall–Kier alpha value is -1.40. The fourth-order valence-corrected chi connectivity index (χ4v) is 4.75. The molecule has 2 saturated heterocycles. The molecule has 2 rings (SSSR count). The Morgan fingerprint density at radius 1 is 1.06 bits per heavy atom. The highest BCUT2D eigenvalue weighted by Crippen LogP contribution is 2.38. The van der Waals surface area contributed by atoms with Gasteiger partial charge < -0.3 is 14.7 Å². The first-order chi connectivity index (χ1) is 14.6. The molecule has 31 heavy (non-hydrogen) atoms. The molecule has 0 aliphatic carbocycles. The summed E-state index contributed by atoms with van der Waals surface area (Å²) in [7, 11) is 3.96. The lowest BCUT2D eigenvalue weighted by atomic mass is 9.85. The highest BCUT2D eigenvalue weighted by atomic mass is 16.2. The molecule has 2 aliphatic rings. The lowest BCUT2D eigenvalue weighted by Crippen LogP contribution is -2.57. The van der Waals surface area contributed by atoms with Gasteiger partial charge in [0.25, 0.3) is 5.91 Å². The van der Waals surface area contributed by atoms with Crippen molar-refractivity contribution in [3.63, 3.8) is 0 Å². The van der Waals surface area contributed by atoms with E-state index in [2.05, 4.69) is 45.6 Å². The second-order valence-electron chi connectivity index (χ2n) is 10.7. The molecule has 0 aromatic rings. The lowest BCUT2D eigenvalue weighted by molar-refractivity contribution is -0.135. The zero-order valence-electron chi connectivity index (χ0n) is 21.1. The molecule has 3 amide bonds. The van der Waals surface area contributed by atoms with Crippen LogP contribution in [0.1, 0.15) is 66.7 Å². The van der Waals surface area contributed by atoms with E-state index in [1.807, 2.05) is 23.9 Å². The van der Waals surface area contributed by atoms with Crippen molar-refractivity contribution in [1.82, 2.24) is 19.6 Å². The minimum atomic E-state index is -0.625. The van der Waals surface area contributed by atoms with E-state index in [1.54, 1.807) is 0 Å². The first-order valence-corrected chi connectivity index (χ1v) is 12.2. The summed E-state index contributed by atoms with van der Waals surface area (Å²) in [6.45, 7) is 15.7. The second-order valence-corrected chi connectivity index (χ2v) is 10.7. The molecule has 0 saturated carbocycles. The SMILES string of the molecule is CC(C)=CCC[C@@H](C)CN1CCC2(CC1)C(=O)N(CCN(C)C)C(=O)N2CCC(C)C. The summed E-state index contributed by atoms with van der Waals surface area (Å²) in [6, 6.07) is -0.0731. The number of imide groups is 1. The number of likely N-dealkylation sites (N-methyl/N-ethyl adjacent to an activating group) is 1. The number of piperidine rings is 1. The van der Waals surface area contributed by atoms with Crippen LogP contribution in [0.3, 0.4) is 0 Å². The molecule has 0 bridgehead atoms. The smallest absolute Gasteiger partial charge is 0.309 e. The van der Waals surface area contributed by atoms with Crippen molar-refractivity contribution in [1.29, 1.82) is 0 Å². The zero-order valence-corrected chi connectivity index (χ0v) is 21.1. The van der Waals surface area contributed by atoms with E-state index in [1.165, 1.54) is 16.9 Å². The average molecular weight is 435 g/mol. The van der Waals surface area contributed by atoms with E-state index in [4.69, 9.17) is 0 Å². The van der Waals surface area contributed by atoms with Gasteiger partial charge in [0.05, 0.1) is 0 Å². The van der Waals surface area contributed by atoms with Gasteiger partial charge in [-0.05, 0) is 71.9 Å². The van der Waals surface area contributed by atoms with E-state index in [0.717, 1.165) is 45.3 Å². The van der Waals surface area contributed by atoms with Gasteiger partial charge in [0.1, 0.15) is 5.54 Å². The van der Waals surface area contributed by atoms with Gasteiger partial charge >= 0.3 is 6.03 Å². The molecule has 0 unspecified atom stereocenters. The van der Waals surface area contributed by atoms with Crippen molar-refractivity contribution < 1.29 is 9.59 Å². The monoisotopic (exact) mass is 434 g/mol. The maximum absolute atomic E-state index is 13.5. The zero-order chi connectivity index (χ0) is 23.2. The second kappa shape index (κ2) is 11.5. The number of hydrogen-bond donors (Lipinski definition) is 0. The van der Waals surface area contributed by atoms with Crippen molar-refractivity contribution in [2.24, 2.45) is 11.8 Å². The van der Waals surface area contributed by atoms with E-state index < -0.39 is 5.54 Å². The summed E-state index contributed by atoms with van der Waals surface area (Å²) in [5.41, 5.74) is 0.761. The average Bonchev–Trinajstić information content (AvgIpc) is 2.86. The molecule has 2 heterocycles. The van der Waals surface area contributed by atoms with Gasteiger partial charge in [-0.2, -0.15) is 0 Å². The third-order valence-corrected chi connectivity index (χ3v) is 6.79. The highest BCUT2D eigenvalue weighted by molar-refractivity contribution is 6.07. The van der Waals surface area contributed by atoms with Gasteiger partial charge in [-0.3, -0.25) is 9.69 Å². The van der Waals surface area contributed by atoms with E-state index >= 15 is 0 Å². The first kappa shape index (κ1) is 25.9. The topological polar surface area (TPSA) is 47.1 Å². The maximum atomic E-state index is 13.5.